The van der Waals surface area contributed by atoms with Crippen LogP contribution in [0.25, 0.3) is 0 Å². The van der Waals surface area contributed by atoms with Crippen LogP contribution in [0.15, 0.2) is 12.3 Å². The van der Waals surface area contributed by atoms with Gasteiger partial charge in [0, 0.05) is 12.7 Å². The van der Waals surface area contributed by atoms with E-state index in [-0.39, 0.29) is 12.0 Å². The zero-order chi connectivity index (χ0) is 11.3. The van der Waals surface area contributed by atoms with Crippen LogP contribution in [0.1, 0.15) is 30.3 Å². The number of aromatic nitrogens is 1. The third-order valence-electron chi connectivity index (χ3n) is 2.13. The lowest BCUT2D eigenvalue weighted by Gasteiger charge is -2.07. The molecular formula is C10H15ClN2O2. The van der Waals surface area contributed by atoms with Crippen molar-refractivity contribution in [3.63, 3.8) is 0 Å². The molecule has 0 aliphatic heterocycles. The number of halogens is 1. The molecule has 0 aromatic carbocycles. The van der Waals surface area contributed by atoms with Crippen molar-refractivity contribution in [1.82, 2.24) is 10.3 Å². The quantitative estimate of drug-likeness (QED) is 0.719. The number of carbonyl (C=O) groups is 1. The number of carbonyl (C=O) groups excluding carboxylic acids is 1. The molecule has 4 nitrogen and oxygen atoms in total. The van der Waals surface area contributed by atoms with Crippen molar-refractivity contribution in [2.45, 2.75) is 25.9 Å². The molecule has 1 heterocycles. The third kappa shape index (κ3) is 3.93. The molecule has 1 rings (SSSR count). The van der Waals surface area contributed by atoms with E-state index in [1.54, 1.807) is 12.3 Å². The average molecular weight is 231 g/mol. The number of rotatable bonds is 5. The van der Waals surface area contributed by atoms with Crippen LogP contribution in [0.2, 0.25) is 5.02 Å². The molecule has 15 heavy (non-hydrogen) atoms. The first kappa shape index (κ1) is 12.1. The molecule has 0 fully saturated rings. The summed E-state index contributed by atoms with van der Waals surface area (Å²) in [7, 11) is 0. The average Bonchev–Trinajstić information content (AvgIpc) is 2.64. The molecule has 1 atom stereocenters. The molecule has 0 radical (unpaired) electrons. The Hall–Kier alpha value is -1.00. The van der Waals surface area contributed by atoms with E-state index in [4.69, 9.17) is 11.6 Å². The molecule has 3 N–H and O–H groups in total. The van der Waals surface area contributed by atoms with Crippen LogP contribution in [0.4, 0.5) is 0 Å². The number of aromatic amines is 1. The summed E-state index contributed by atoms with van der Waals surface area (Å²) in [5.41, 5.74) is 0.436. The van der Waals surface area contributed by atoms with Crippen molar-refractivity contribution in [3.8, 4) is 0 Å². The van der Waals surface area contributed by atoms with Crippen molar-refractivity contribution >= 4 is 17.5 Å². The largest absolute Gasteiger partial charge is 0.393 e. The highest BCUT2D eigenvalue weighted by atomic mass is 35.5. The van der Waals surface area contributed by atoms with Crippen LogP contribution in [-0.4, -0.2) is 28.6 Å². The van der Waals surface area contributed by atoms with Gasteiger partial charge in [-0.05, 0) is 18.9 Å². The SMILES string of the molecule is CCC(O)CCNC(=O)c1cc(Cl)c[nH]1. The Morgan fingerprint density at radius 3 is 3.00 bits per heavy atom. The Morgan fingerprint density at radius 2 is 2.47 bits per heavy atom. The molecule has 1 aromatic rings. The minimum atomic E-state index is -0.350. The molecule has 0 aliphatic carbocycles. The lowest BCUT2D eigenvalue weighted by molar-refractivity contribution is 0.0937. The fourth-order valence-electron chi connectivity index (χ4n) is 1.15. The normalized spacial score (nSPS) is 12.5. The maximum Gasteiger partial charge on any atom is 0.267 e. The summed E-state index contributed by atoms with van der Waals surface area (Å²) < 4.78 is 0. The molecule has 84 valence electrons. The van der Waals surface area contributed by atoms with Crippen LogP contribution in [-0.2, 0) is 0 Å². The van der Waals surface area contributed by atoms with Gasteiger partial charge < -0.3 is 15.4 Å². The van der Waals surface area contributed by atoms with Gasteiger partial charge in [0.25, 0.3) is 5.91 Å². The lowest BCUT2D eigenvalue weighted by atomic mass is 10.2. The van der Waals surface area contributed by atoms with Crippen LogP contribution in [0.5, 0.6) is 0 Å². The van der Waals surface area contributed by atoms with Gasteiger partial charge in [0.05, 0.1) is 11.1 Å². The fourth-order valence-corrected chi connectivity index (χ4v) is 1.31. The molecule has 5 heteroatoms. The zero-order valence-corrected chi connectivity index (χ0v) is 9.34. The van der Waals surface area contributed by atoms with Crippen LogP contribution in [0.3, 0.4) is 0 Å². The second kappa shape index (κ2) is 5.78. The number of nitrogens with one attached hydrogen (secondary N) is 2. The number of hydrogen-bond donors (Lipinski definition) is 3. The maximum atomic E-state index is 11.4. The van der Waals surface area contributed by atoms with E-state index in [1.807, 2.05) is 6.92 Å². The Morgan fingerprint density at radius 1 is 1.73 bits per heavy atom. The van der Waals surface area contributed by atoms with Gasteiger partial charge >= 0.3 is 0 Å². The summed E-state index contributed by atoms with van der Waals surface area (Å²) in [5, 5.41) is 12.5. The molecule has 0 spiro atoms. The van der Waals surface area contributed by atoms with E-state index in [0.717, 1.165) is 0 Å². The second-order valence-corrected chi connectivity index (χ2v) is 3.77. The van der Waals surface area contributed by atoms with E-state index >= 15 is 0 Å². The van der Waals surface area contributed by atoms with Gasteiger partial charge in [0.2, 0.25) is 0 Å². The van der Waals surface area contributed by atoms with Crippen molar-refractivity contribution in [3.05, 3.63) is 23.0 Å². The molecule has 0 bridgehead atoms. The number of H-pyrrole nitrogens is 1. The van der Waals surface area contributed by atoms with Crippen molar-refractivity contribution in [2.24, 2.45) is 0 Å². The van der Waals surface area contributed by atoms with Gasteiger partial charge in [-0.2, -0.15) is 0 Å². The Labute approximate surface area is 93.6 Å². The predicted molar refractivity (Wildman–Crippen MR) is 59.1 cm³/mol. The lowest BCUT2D eigenvalue weighted by Crippen LogP contribution is -2.27. The standard InChI is InChI=1S/C10H15ClN2O2/c1-2-8(14)3-4-12-10(15)9-5-7(11)6-13-9/h5-6,8,13-14H,2-4H2,1H3,(H,12,15). The van der Waals surface area contributed by atoms with Crippen molar-refractivity contribution < 1.29 is 9.90 Å². The van der Waals surface area contributed by atoms with Crippen LogP contribution < -0.4 is 5.32 Å². The van der Waals surface area contributed by atoms with Gasteiger partial charge in [-0.3, -0.25) is 4.79 Å². The topological polar surface area (TPSA) is 65.1 Å². The van der Waals surface area contributed by atoms with Crippen molar-refractivity contribution in [1.29, 1.82) is 0 Å². The van der Waals surface area contributed by atoms with Gasteiger partial charge in [-0.1, -0.05) is 18.5 Å². The third-order valence-corrected chi connectivity index (χ3v) is 2.34. The monoisotopic (exact) mass is 230 g/mol. The van der Waals surface area contributed by atoms with E-state index < -0.39 is 0 Å². The Bertz CT molecular complexity index is 325. The summed E-state index contributed by atoms with van der Waals surface area (Å²) in [6.45, 7) is 2.36. The minimum absolute atomic E-state index is 0.204. The first-order valence-corrected chi connectivity index (χ1v) is 5.31. The van der Waals surface area contributed by atoms with E-state index in [2.05, 4.69) is 10.3 Å². The van der Waals surface area contributed by atoms with Gasteiger partial charge in [-0.25, -0.2) is 0 Å². The number of aliphatic hydroxyl groups is 1. The molecule has 1 unspecified atom stereocenters. The first-order valence-electron chi connectivity index (χ1n) is 4.93. The smallest absolute Gasteiger partial charge is 0.267 e. The van der Waals surface area contributed by atoms with E-state index in [9.17, 15) is 9.90 Å². The number of hydrogen-bond acceptors (Lipinski definition) is 2. The highest BCUT2D eigenvalue weighted by Gasteiger charge is 2.07. The van der Waals surface area contributed by atoms with E-state index in [0.29, 0.717) is 30.1 Å². The number of aliphatic hydroxyl groups excluding tert-OH is 1. The maximum absolute atomic E-state index is 11.4. The molecule has 0 saturated heterocycles. The highest BCUT2D eigenvalue weighted by Crippen LogP contribution is 2.09. The van der Waals surface area contributed by atoms with Crippen LogP contribution >= 0.6 is 11.6 Å². The number of amides is 1. The summed E-state index contributed by atoms with van der Waals surface area (Å²) in [6, 6.07) is 1.56. The summed E-state index contributed by atoms with van der Waals surface area (Å²) >= 11 is 5.66. The minimum Gasteiger partial charge on any atom is -0.393 e. The molecule has 1 aromatic heterocycles. The van der Waals surface area contributed by atoms with Crippen molar-refractivity contribution in [2.75, 3.05) is 6.54 Å². The summed E-state index contributed by atoms with van der Waals surface area (Å²) in [6.07, 6.45) is 2.47. The first-order chi connectivity index (χ1) is 7.13. The highest BCUT2D eigenvalue weighted by molar-refractivity contribution is 6.30. The van der Waals surface area contributed by atoms with Crippen LogP contribution in [0, 0.1) is 0 Å². The summed E-state index contributed by atoms with van der Waals surface area (Å²) in [4.78, 5) is 14.2. The predicted octanol–water partition coefficient (Wildman–Crippen LogP) is 1.56. The van der Waals surface area contributed by atoms with Gasteiger partial charge in [-0.15, -0.1) is 0 Å². The molecular weight excluding hydrogens is 216 g/mol. The second-order valence-electron chi connectivity index (χ2n) is 3.34. The van der Waals surface area contributed by atoms with Gasteiger partial charge in [0.15, 0.2) is 0 Å². The Balaban J connectivity index is 2.31. The molecule has 0 aliphatic rings. The molecule has 0 saturated carbocycles. The van der Waals surface area contributed by atoms with E-state index in [1.165, 1.54) is 0 Å². The zero-order valence-electron chi connectivity index (χ0n) is 8.59. The van der Waals surface area contributed by atoms with Gasteiger partial charge in [0.1, 0.15) is 5.69 Å². The Kier molecular flexibility index (Phi) is 4.65. The summed E-state index contributed by atoms with van der Waals surface area (Å²) in [5.74, 6) is -0.204. The fraction of sp³-hybridized carbons (Fsp3) is 0.500. The molecule has 1 amide bonds.